The molecule has 9 nitrogen and oxygen atoms in total. The molecule has 0 aromatic heterocycles. The summed E-state index contributed by atoms with van der Waals surface area (Å²) in [5.41, 5.74) is 2.41. The summed E-state index contributed by atoms with van der Waals surface area (Å²) in [6.45, 7) is 18.7. The highest BCUT2D eigenvalue weighted by atomic mass is 35.5. The number of nitrogens with one attached hydrogen (secondary N) is 2. The highest BCUT2D eigenvalue weighted by Gasteiger charge is 2.37. The minimum Gasteiger partial charge on any atom is -0.493 e. The van der Waals surface area contributed by atoms with Crippen molar-refractivity contribution in [1.29, 1.82) is 0 Å². The number of benzene rings is 3. The molecule has 0 saturated carbocycles. The van der Waals surface area contributed by atoms with E-state index in [1.807, 2.05) is 0 Å². The predicted octanol–water partition coefficient (Wildman–Crippen LogP) is 9.30. The molecule has 0 aliphatic carbocycles. The monoisotopic (exact) mass is 720 g/mol. The third-order valence-electron chi connectivity index (χ3n) is 9.32. The molecule has 2 N–H and O–H groups in total. The molecule has 0 fully saturated rings. The molecule has 2 amide bonds. The van der Waals surface area contributed by atoms with E-state index in [2.05, 4.69) is 70.4 Å². The summed E-state index contributed by atoms with van der Waals surface area (Å²) >= 11 is 6.42. The minimum absolute atomic E-state index is 0.0553. The van der Waals surface area contributed by atoms with E-state index < -0.39 is 29.2 Å². The van der Waals surface area contributed by atoms with E-state index in [0.29, 0.717) is 18.7 Å². The maximum atomic E-state index is 13.5. The molecular formula is C41H53ClN2O7. The third-order valence-corrected chi connectivity index (χ3v) is 9.65. The molecule has 0 aliphatic rings. The van der Waals surface area contributed by atoms with Crippen LogP contribution in [0.4, 0.5) is 11.4 Å². The second-order valence-electron chi connectivity index (χ2n) is 15.0. The lowest BCUT2D eigenvalue weighted by Gasteiger charge is -2.30. The van der Waals surface area contributed by atoms with Crippen LogP contribution in [-0.2, 0) is 30.0 Å². The molecule has 0 spiro atoms. The molecule has 3 aromatic carbocycles. The first kappa shape index (κ1) is 41.1. The van der Waals surface area contributed by atoms with Crippen LogP contribution in [0.3, 0.4) is 0 Å². The second-order valence-corrected chi connectivity index (χ2v) is 15.4. The average Bonchev–Trinajstić information content (AvgIpc) is 3.09. The Bertz CT molecular complexity index is 1710. The van der Waals surface area contributed by atoms with Crippen molar-refractivity contribution in [3.05, 3.63) is 82.4 Å². The molecule has 10 heteroatoms. The highest BCUT2D eigenvalue weighted by molar-refractivity contribution is 6.34. The SMILES string of the molecule is CCC(C)(C)c1ccc(OCCCC(=O)Nc2ccc(Cl)c(NC(=O)[C@@H](Oc3ccc(C(=O)OC)cc3)C(=O)C(C)(C)C)c2)c(C(C)(C)CC)c1. The summed E-state index contributed by atoms with van der Waals surface area (Å²) in [6.07, 6.45) is 1.16. The standard InChI is InChI=1S/C41H53ClN2O7/c1-11-40(6,7)27-17-22-33(30(24-27)41(8,9)12-2)50-23-13-14-34(45)43-28-18-21-31(42)32(25-28)44-37(47)35(36(46)39(3,4)5)51-29-19-15-26(16-20-29)38(48)49-10/h15-22,24-25,35H,11-14,23H2,1-10H3,(H,43,45)(H,44,47)/t35-/m0/s1. The third kappa shape index (κ3) is 11.1. The molecule has 1 atom stereocenters. The van der Waals surface area contributed by atoms with Crippen LogP contribution < -0.4 is 20.1 Å². The van der Waals surface area contributed by atoms with Crippen LogP contribution in [0, 0.1) is 5.41 Å². The summed E-state index contributed by atoms with van der Waals surface area (Å²) in [5, 5.41) is 5.74. The number of hydrogen-bond donors (Lipinski definition) is 2. The molecule has 0 heterocycles. The second kappa shape index (κ2) is 17.2. The maximum absolute atomic E-state index is 13.5. The molecule has 0 unspecified atom stereocenters. The number of carbonyl (C=O) groups is 4. The topological polar surface area (TPSA) is 120 Å². The van der Waals surface area contributed by atoms with E-state index >= 15 is 0 Å². The first-order valence-electron chi connectivity index (χ1n) is 17.4. The fourth-order valence-electron chi connectivity index (χ4n) is 5.08. The Morgan fingerprint density at radius 3 is 2.04 bits per heavy atom. The van der Waals surface area contributed by atoms with Gasteiger partial charge in [0.2, 0.25) is 12.0 Å². The van der Waals surface area contributed by atoms with Crippen LogP contribution in [0.1, 0.15) is 109 Å². The van der Waals surface area contributed by atoms with Crippen molar-refractivity contribution in [3.8, 4) is 11.5 Å². The molecule has 276 valence electrons. The van der Waals surface area contributed by atoms with Crippen molar-refractivity contribution >= 4 is 46.5 Å². The van der Waals surface area contributed by atoms with Gasteiger partial charge < -0.3 is 24.8 Å². The van der Waals surface area contributed by atoms with Gasteiger partial charge in [-0.1, -0.05) is 86.0 Å². The summed E-state index contributed by atoms with van der Waals surface area (Å²) < 4.78 is 16.8. The van der Waals surface area contributed by atoms with Crippen LogP contribution in [-0.4, -0.2) is 43.4 Å². The Hall–Kier alpha value is -4.37. The molecule has 3 aromatic rings. The van der Waals surface area contributed by atoms with Gasteiger partial charge in [0, 0.05) is 23.1 Å². The van der Waals surface area contributed by atoms with E-state index in [1.165, 1.54) is 43.0 Å². The number of carbonyl (C=O) groups excluding carboxylic acids is 4. The van der Waals surface area contributed by atoms with Gasteiger partial charge in [-0.25, -0.2) is 4.79 Å². The maximum Gasteiger partial charge on any atom is 0.337 e. The molecule has 0 bridgehead atoms. The smallest absolute Gasteiger partial charge is 0.337 e. The van der Waals surface area contributed by atoms with Crippen LogP contribution in [0.2, 0.25) is 5.02 Å². The first-order valence-corrected chi connectivity index (χ1v) is 17.8. The van der Waals surface area contributed by atoms with Gasteiger partial charge in [-0.2, -0.15) is 0 Å². The van der Waals surface area contributed by atoms with E-state index in [-0.39, 0.29) is 45.2 Å². The van der Waals surface area contributed by atoms with Gasteiger partial charge in [0.1, 0.15) is 11.5 Å². The molecule has 0 saturated heterocycles. The molecule has 3 rings (SSSR count). The van der Waals surface area contributed by atoms with E-state index in [4.69, 9.17) is 25.8 Å². The Kier molecular flexibility index (Phi) is 13.9. The van der Waals surface area contributed by atoms with Gasteiger partial charge >= 0.3 is 5.97 Å². The van der Waals surface area contributed by atoms with E-state index in [9.17, 15) is 19.2 Å². The van der Waals surface area contributed by atoms with Crippen molar-refractivity contribution in [2.24, 2.45) is 5.41 Å². The Labute approximate surface area is 307 Å². The number of anilines is 2. The summed E-state index contributed by atoms with van der Waals surface area (Å²) in [7, 11) is 1.27. The molecule has 0 radical (unpaired) electrons. The normalized spacial score (nSPS) is 12.5. The summed E-state index contributed by atoms with van der Waals surface area (Å²) in [6, 6.07) is 17.1. The number of ether oxygens (including phenoxy) is 3. The Morgan fingerprint density at radius 2 is 1.45 bits per heavy atom. The molecule has 0 aliphatic heterocycles. The highest BCUT2D eigenvalue weighted by Crippen LogP contribution is 2.38. The van der Waals surface area contributed by atoms with Crippen LogP contribution in [0.5, 0.6) is 11.5 Å². The number of methoxy groups -OCH3 is 1. The van der Waals surface area contributed by atoms with Crippen LogP contribution >= 0.6 is 11.6 Å². The fourth-order valence-corrected chi connectivity index (χ4v) is 5.24. The van der Waals surface area contributed by atoms with Gasteiger partial charge in [-0.3, -0.25) is 14.4 Å². The van der Waals surface area contributed by atoms with Crippen LogP contribution in [0.25, 0.3) is 0 Å². The quantitative estimate of drug-likeness (QED) is 0.0860. The zero-order valence-corrected chi connectivity index (χ0v) is 32.4. The summed E-state index contributed by atoms with van der Waals surface area (Å²) in [4.78, 5) is 51.6. The first-order chi connectivity index (χ1) is 23.8. The van der Waals surface area contributed by atoms with Gasteiger partial charge in [0.05, 0.1) is 30.0 Å². The van der Waals surface area contributed by atoms with Crippen molar-refractivity contribution in [3.63, 3.8) is 0 Å². The zero-order valence-electron chi connectivity index (χ0n) is 31.6. The Morgan fingerprint density at radius 1 is 0.804 bits per heavy atom. The molecule has 51 heavy (non-hydrogen) atoms. The lowest BCUT2D eigenvalue weighted by Crippen LogP contribution is -2.45. The zero-order chi connectivity index (χ0) is 38.1. The minimum atomic E-state index is -1.53. The number of halogens is 1. The van der Waals surface area contributed by atoms with E-state index in [0.717, 1.165) is 24.2 Å². The number of rotatable bonds is 16. The average molecular weight is 721 g/mol. The number of amides is 2. The predicted molar refractivity (Wildman–Crippen MR) is 203 cm³/mol. The van der Waals surface area contributed by atoms with Crippen molar-refractivity contribution < 1.29 is 33.4 Å². The van der Waals surface area contributed by atoms with Crippen molar-refractivity contribution in [2.45, 2.75) is 105 Å². The molecular weight excluding hydrogens is 668 g/mol. The number of Topliss-reactive ketones (excluding diaryl/α,β-unsaturated/α-hetero) is 1. The van der Waals surface area contributed by atoms with E-state index in [1.54, 1.807) is 32.9 Å². The number of ketones is 1. The number of hydrogen-bond acceptors (Lipinski definition) is 7. The van der Waals surface area contributed by atoms with Crippen molar-refractivity contribution in [1.82, 2.24) is 0 Å². The summed E-state index contributed by atoms with van der Waals surface area (Å²) in [5.74, 6) is -0.927. The van der Waals surface area contributed by atoms with Gasteiger partial charge in [0.25, 0.3) is 5.91 Å². The van der Waals surface area contributed by atoms with Gasteiger partial charge in [-0.05, 0) is 84.2 Å². The lowest BCUT2D eigenvalue weighted by atomic mass is 9.76. The van der Waals surface area contributed by atoms with Gasteiger partial charge in [-0.15, -0.1) is 0 Å². The van der Waals surface area contributed by atoms with Crippen LogP contribution in [0.15, 0.2) is 60.7 Å². The Balaban J connectivity index is 1.67. The fraction of sp³-hybridized carbons (Fsp3) is 0.463. The van der Waals surface area contributed by atoms with Crippen molar-refractivity contribution in [2.75, 3.05) is 24.4 Å². The largest absolute Gasteiger partial charge is 0.493 e. The lowest BCUT2D eigenvalue weighted by molar-refractivity contribution is -0.140. The van der Waals surface area contributed by atoms with Gasteiger partial charge in [0.15, 0.2) is 5.78 Å². The number of esters is 1.